The lowest BCUT2D eigenvalue weighted by Crippen LogP contribution is -2.42. The van der Waals surface area contributed by atoms with Crippen molar-refractivity contribution in [2.75, 3.05) is 6.54 Å². The van der Waals surface area contributed by atoms with E-state index in [2.05, 4.69) is 36.4 Å². The van der Waals surface area contributed by atoms with Gasteiger partial charge in [-0.25, -0.2) is 4.99 Å². The Morgan fingerprint density at radius 1 is 1.30 bits per heavy atom. The Morgan fingerprint density at radius 2 is 1.96 bits per heavy atom. The zero-order valence-corrected chi connectivity index (χ0v) is 16.4. The number of nitro benzene ring substituents is 1. The molecule has 0 amide bonds. The second-order valence-corrected chi connectivity index (χ2v) is 5.32. The van der Waals surface area contributed by atoms with Gasteiger partial charge in [-0.2, -0.15) is 0 Å². The largest absolute Gasteiger partial charge is 0.356 e. The topological polar surface area (TPSA) is 79.6 Å². The Kier molecular flexibility index (Phi) is 11.4. The number of rotatable bonds is 8. The molecule has 0 fully saturated rings. The molecule has 1 atom stereocenters. The van der Waals surface area contributed by atoms with Crippen LogP contribution in [-0.2, 0) is 6.54 Å². The fourth-order valence-corrected chi connectivity index (χ4v) is 1.77. The van der Waals surface area contributed by atoms with Crippen LogP contribution in [0.1, 0.15) is 45.6 Å². The summed E-state index contributed by atoms with van der Waals surface area (Å²) in [7, 11) is 0. The van der Waals surface area contributed by atoms with Crippen LogP contribution in [0.3, 0.4) is 0 Å². The van der Waals surface area contributed by atoms with Crippen LogP contribution in [0.4, 0.5) is 5.69 Å². The van der Waals surface area contributed by atoms with Crippen molar-refractivity contribution in [2.45, 2.75) is 52.6 Å². The predicted molar refractivity (Wildman–Crippen MR) is 105 cm³/mol. The second-order valence-electron chi connectivity index (χ2n) is 5.32. The van der Waals surface area contributed by atoms with Gasteiger partial charge in [0.15, 0.2) is 5.96 Å². The average molecular weight is 434 g/mol. The molecule has 0 spiro atoms. The molecule has 0 radical (unpaired) electrons. The molecule has 1 aromatic rings. The molecule has 2 N–H and O–H groups in total. The van der Waals surface area contributed by atoms with Crippen molar-refractivity contribution >= 4 is 35.6 Å². The van der Waals surface area contributed by atoms with E-state index < -0.39 is 4.92 Å². The number of nitro groups is 1. The molecule has 1 rings (SSSR count). The minimum absolute atomic E-state index is 0. The van der Waals surface area contributed by atoms with Gasteiger partial charge in [0.25, 0.3) is 5.69 Å². The summed E-state index contributed by atoms with van der Waals surface area (Å²) in [5, 5.41) is 17.3. The third kappa shape index (κ3) is 8.73. The minimum atomic E-state index is -0.394. The summed E-state index contributed by atoms with van der Waals surface area (Å²) in [6, 6.07) is 6.86. The molecule has 130 valence electrons. The van der Waals surface area contributed by atoms with Gasteiger partial charge in [0.1, 0.15) is 0 Å². The summed E-state index contributed by atoms with van der Waals surface area (Å²) >= 11 is 0. The Bertz CT molecular complexity index is 491. The fraction of sp³-hybridized carbons (Fsp3) is 0.562. The number of unbranched alkanes of at least 4 members (excludes halogenated alkanes) is 1. The first-order valence-corrected chi connectivity index (χ1v) is 7.85. The van der Waals surface area contributed by atoms with Gasteiger partial charge in [0, 0.05) is 24.7 Å². The zero-order valence-electron chi connectivity index (χ0n) is 14.0. The summed E-state index contributed by atoms with van der Waals surface area (Å²) in [6.45, 7) is 7.77. The molecule has 7 heteroatoms. The molecule has 0 saturated heterocycles. The van der Waals surface area contributed by atoms with Gasteiger partial charge < -0.3 is 10.6 Å². The first-order valence-electron chi connectivity index (χ1n) is 7.85. The molecule has 0 aliphatic heterocycles. The van der Waals surface area contributed by atoms with Crippen molar-refractivity contribution in [1.82, 2.24) is 10.6 Å². The number of hydrogen-bond acceptors (Lipinski definition) is 3. The molecule has 0 aliphatic carbocycles. The van der Waals surface area contributed by atoms with Gasteiger partial charge >= 0.3 is 0 Å². The van der Waals surface area contributed by atoms with Gasteiger partial charge in [-0.1, -0.05) is 32.4 Å². The number of nitrogens with zero attached hydrogens (tertiary/aromatic N) is 2. The van der Waals surface area contributed by atoms with Crippen molar-refractivity contribution in [2.24, 2.45) is 4.99 Å². The normalized spacial score (nSPS) is 12.2. The van der Waals surface area contributed by atoms with Crippen LogP contribution in [0, 0.1) is 10.1 Å². The van der Waals surface area contributed by atoms with Crippen molar-refractivity contribution in [1.29, 1.82) is 0 Å². The summed E-state index contributed by atoms with van der Waals surface area (Å²) < 4.78 is 0. The number of hydrogen-bond donors (Lipinski definition) is 2. The maximum absolute atomic E-state index is 10.6. The van der Waals surface area contributed by atoms with Crippen molar-refractivity contribution in [3.63, 3.8) is 0 Å². The van der Waals surface area contributed by atoms with E-state index in [1.54, 1.807) is 12.1 Å². The maximum atomic E-state index is 10.6. The lowest BCUT2D eigenvalue weighted by molar-refractivity contribution is -0.384. The van der Waals surface area contributed by atoms with Crippen LogP contribution in [0.15, 0.2) is 29.3 Å². The third-order valence-electron chi connectivity index (χ3n) is 3.39. The van der Waals surface area contributed by atoms with Crippen LogP contribution in [0.2, 0.25) is 0 Å². The maximum Gasteiger partial charge on any atom is 0.269 e. The molecule has 0 saturated carbocycles. The van der Waals surface area contributed by atoms with Crippen LogP contribution >= 0.6 is 24.0 Å². The van der Waals surface area contributed by atoms with E-state index in [1.807, 2.05) is 0 Å². The van der Waals surface area contributed by atoms with Crippen LogP contribution in [0.5, 0.6) is 0 Å². The number of guanidine groups is 1. The van der Waals surface area contributed by atoms with E-state index in [4.69, 9.17) is 0 Å². The standard InChI is InChI=1S/C16H26N4O2.HI/c1-4-6-11-17-16(19-13(3)5-2)18-12-14-7-9-15(10-8-14)20(21)22;/h7-10,13H,4-6,11-12H2,1-3H3,(H2,17,18,19);1H. The third-order valence-corrected chi connectivity index (χ3v) is 3.39. The molecule has 0 aromatic heterocycles. The number of halogens is 1. The van der Waals surface area contributed by atoms with Crippen LogP contribution in [0.25, 0.3) is 0 Å². The molecule has 1 aromatic carbocycles. The lowest BCUT2D eigenvalue weighted by atomic mass is 10.2. The number of nitrogens with one attached hydrogen (secondary N) is 2. The quantitative estimate of drug-likeness (QED) is 0.163. The van der Waals surface area contributed by atoms with E-state index in [0.717, 1.165) is 37.3 Å². The van der Waals surface area contributed by atoms with E-state index in [-0.39, 0.29) is 29.7 Å². The van der Waals surface area contributed by atoms with Crippen LogP contribution in [-0.4, -0.2) is 23.5 Å². The first-order chi connectivity index (χ1) is 10.6. The number of aliphatic imine (C=N–C) groups is 1. The zero-order chi connectivity index (χ0) is 16.4. The first kappa shape index (κ1) is 21.6. The van der Waals surface area contributed by atoms with Gasteiger partial charge in [-0.3, -0.25) is 10.1 Å². The Morgan fingerprint density at radius 3 is 2.48 bits per heavy atom. The predicted octanol–water partition coefficient (Wildman–Crippen LogP) is 3.85. The minimum Gasteiger partial charge on any atom is -0.356 e. The summed E-state index contributed by atoms with van der Waals surface area (Å²) in [6.07, 6.45) is 3.25. The molecular weight excluding hydrogens is 407 g/mol. The fourth-order valence-electron chi connectivity index (χ4n) is 1.77. The average Bonchev–Trinajstić information content (AvgIpc) is 2.52. The van der Waals surface area contributed by atoms with Crippen LogP contribution < -0.4 is 10.6 Å². The molecule has 0 aliphatic rings. The Balaban J connectivity index is 0.00000484. The Labute approximate surface area is 155 Å². The monoisotopic (exact) mass is 434 g/mol. The second kappa shape index (κ2) is 12.1. The summed E-state index contributed by atoms with van der Waals surface area (Å²) in [4.78, 5) is 14.8. The van der Waals surface area contributed by atoms with Crippen molar-refractivity contribution in [3.05, 3.63) is 39.9 Å². The lowest BCUT2D eigenvalue weighted by Gasteiger charge is -2.17. The molecule has 6 nitrogen and oxygen atoms in total. The number of non-ortho nitro benzene ring substituents is 1. The smallest absolute Gasteiger partial charge is 0.269 e. The highest BCUT2D eigenvalue weighted by Crippen LogP contribution is 2.12. The van der Waals surface area contributed by atoms with Gasteiger partial charge in [0.05, 0.1) is 11.5 Å². The van der Waals surface area contributed by atoms with Crippen molar-refractivity contribution in [3.8, 4) is 0 Å². The van der Waals surface area contributed by atoms with E-state index in [9.17, 15) is 10.1 Å². The summed E-state index contributed by atoms with van der Waals surface area (Å²) in [5.41, 5.74) is 1.05. The van der Waals surface area contributed by atoms with E-state index in [1.165, 1.54) is 12.1 Å². The summed E-state index contributed by atoms with van der Waals surface area (Å²) in [5.74, 6) is 0.793. The SMILES string of the molecule is CCCCNC(=NCc1ccc([N+](=O)[O-])cc1)NC(C)CC.I. The van der Waals surface area contributed by atoms with E-state index in [0.29, 0.717) is 12.6 Å². The molecule has 0 heterocycles. The highest BCUT2D eigenvalue weighted by atomic mass is 127. The number of benzene rings is 1. The van der Waals surface area contributed by atoms with Gasteiger partial charge in [0.2, 0.25) is 0 Å². The van der Waals surface area contributed by atoms with E-state index >= 15 is 0 Å². The highest BCUT2D eigenvalue weighted by Gasteiger charge is 2.05. The van der Waals surface area contributed by atoms with Gasteiger partial charge in [-0.15, -0.1) is 24.0 Å². The Hall–Kier alpha value is -1.38. The van der Waals surface area contributed by atoms with Crippen molar-refractivity contribution < 1.29 is 4.92 Å². The molecule has 23 heavy (non-hydrogen) atoms. The van der Waals surface area contributed by atoms with Gasteiger partial charge in [-0.05, 0) is 25.3 Å². The molecule has 1 unspecified atom stereocenters. The molecule has 0 bridgehead atoms. The highest BCUT2D eigenvalue weighted by molar-refractivity contribution is 14.0. The molecular formula is C16H27IN4O2.